The second kappa shape index (κ2) is 11.1. The zero-order valence-corrected chi connectivity index (χ0v) is 16.4. The van der Waals surface area contributed by atoms with E-state index < -0.39 is 0 Å². The smallest absolute Gasteiger partial charge is 0.250 e. The molecule has 0 spiro atoms. The Labute approximate surface area is 161 Å². The first kappa shape index (κ1) is 20.6. The van der Waals surface area contributed by atoms with Crippen molar-refractivity contribution in [3.63, 3.8) is 0 Å². The Bertz CT molecular complexity index is 786. The Morgan fingerprint density at radius 2 is 2.04 bits per heavy atom. The van der Waals surface area contributed by atoms with Gasteiger partial charge in [0.2, 0.25) is 5.56 Å². The molecule has 0 radical (unpaired) electrons. The molecule has 0 fully saturated rings. The predicted octanol–water partition coefficient (Wildman–Crippen LogP) is 2.57. The Hall–Kier alpha value is -2.76. The number of nitrogens with zero attached hydrogens (tertiary/aromatic N) is 2. The lowest BCUT2D eigenvalue weighted by molar-refractivity contribution is 0.223. The van der Waals surface area contributed by atoms with E-state index in [9.17, 15) is 4.79 Å². The third kappa shape index (κ3) is 7.56. The summed E-state index contributed by atoms with van der Waals surface area (Å²) in [4.78, 5) is 15.9. The van der Waals surface area contributed by atoms with Gasteiger partial charge in [-0.1, -0.05) is 18.2 Å². The minimum atomic E-state index is 0.0234. The van der Waals surface area contributed by atoms with Gasteiger partial charge in [-0.3, -0.25) is 9.79 Å². The molecular weight excluding hydrogens is 340 g/mol. The van der Waals surface area contributed by atoms with Gasteiger partial charge < -0.3 is 19.9 Å². The van der Waals surface area contributed by atoms with Crippen molar-refractivity contribution in [2.24, 2.45) is 4.99 Å². The SMILES string of the molecule is CN=C(NCCCCn1ccccc1=O)NCC(C)Oc1cccc(C)c1. The van der Waals surface area contributed by atoms with Crippen LogP contribution >= 0.6 is 0 Å². The summed E-state index contributed by atoms with van der Waals surface area (Å²) >= 11 is 0. The number of aryl methyl sites for hydroxylation is 2. The number of ether oxygens (including phenoxy) is 1. The standard InChI is InChI=1S/C21H30N4O2/c1-17-9-8-10-19(15-17)27-18(2)16-24-21(22-3)23-12-5-7-14-25-13-6-4-11-20(25)26/h4,6,8-11,13,15,18H,5,7,12,14,16H2,1-3H3,(H2,22,23,24). The lowest BCUT2D eigenvalue weighted by Crippen LogP contribution is -2.42. The maximum Gasteiger partial charge on any atom is 0.250 e. The average molecular weight is 370 g/mol. The molecule has 1 aromatic heterocycles. The van der Waals surface area contributed by atoms with Gasteiger partial charge in [0, 0.05) is 32.4 Å². The quantitative estimate of drug-likeness (QED) is 0.404. The van der Waals surface area contributed by atoms with Crippen LogP contribution in [0.1, 0.15) is 25.3 Å². The molecule has 1 unspecified atom stereocenters. The third-order valence-electron chi connectivity index (χ3n) is 4.12. The Morgan fingerprint density at radius 3 is 2.78 bits per heavy atom. The molecule has 0 aliphatic heterocycles. The van der Waals surface area contributed by atoms with E-state index in [-0.39, 0.29) is 11.7 Å². The van der Waals surface area contributed by atoms with Crippen LogP contribution in [0.2, 0.25) is 0 Å². The summed E-state index contributed by atoms with van der Waals surface area (Å²) in [6, 6.07) is 13.3. The highest BCUT2D eigenvalue weighted by Crippen LogP contribution is 2.13. The fraction of sp³-hybridized carbons (Fsp3) is 0.429. The number of guanidine groups is 1. The van der Waals surface area contributed by atoms with Crippen LogP contribution in [0.5, 0.6) is 5.75 Å². The van der Waals surface area contributed by atoms with Crippen molar-refractivity contribution in [1.29, 1.82) is 0 Å². The van der Waals surface area contributed by atoms with Crippen LogP contribution in [0.4, 0.5) is 0 Å². The van der Waals surface area contributed by atoms with Crippen LogP contribution in [-0.4, -0.2) is 36.8 Å². The number of nitrogens with one attached hydrogen (secondary N) is 2. The maximum absolute atomic E-state index is 11.6. The van der Waals surface area contributed by atoms with E-state index in [0.717, 1.165) is 37.6 Å². The van der Waals surface area contributed by atoms with Gasteiger partial charge in [-0.05, 0) is 50.5 Å². The zero-order valence-electron chi connectivity index (χ0n) is 16.4. The monoisotopic (exact) mass is 370 g/mol. The van der Waals surface area contributed by atoms with E-state index in [1.807, 2.05) is 37.4 Å². The fourth-order valence-electron chi connectivity index (χ4n) is 2.68. The normalized spacial score (nSPS) is 12.5. The highest BCUT2D eigenvalue weighted by molar-refractivity contribution is 5.79. The number of aliphatic imine (C=N–C) groups is 1. The third-order valence-corrected chi connectivity index (χ3v) is 4.12. The van der Waals surface area contributed by atoms with Crippen molar-refractivity contribution in [2.75, 3.05) is 20.1 Å². The first-order valence-electron chi connectivity index (χ1n) is 9.42. The van der Waals surface area contributed by atoms with Gasteiger partial charge in [-0.15, -0.1) is 0 Å². The summed E-state index contributed by atoms with van der Waals surface area (Å²) in [5, 5.41) is 6.58. The molecule has 2 rings (SSSR count). The van der Waals surface area contributed by atoms with Crippen molar-refractivity contribution < 1.29 is 4.74 Å². The van der Waals surface area contributed by atoms with Gasteiger partial charge >= 0.3 is 0 Å². The van der Waals surface area contributed by atoms with Crippen LogP contribution in [0.15, 0.2) is 58.4 Å². The minimum Gasteiger partial charge on any atom is -0.489 e. The van der Waals surface area contributed by atoms with Crippen LogP contribution in [-0.2, 0) is 6.54 Å². The second-order valence-corrected chi connectivity index (χ2v) is 6.56. The van der Waals surface area contributed by atoms with Crippen molar-refractivity contribution >= 4 is 5.96 Å². The number of benzene rings is 1. The molecule has 2 N–H and O–H groups in total. The van der Waals surface area contributed by atoms with Crippen LogP contribution in [0.25, 0.3) is 0 Å². The summed E-state index contributed by atoms with van der Waals surface area (Å²) < 4.78 is 7.65. The molecule has 6 heteroatoms. The molecule has 146 valence electrons. The first-order chi connectivity index (χ1) is 13.1. The molecule has 1 atom stereocenters. The maximum atomic E-state index is 11.6. The number of hydrogen-bond acceptors (Lipinski definition) is 3. The topological polar surface area (TPSA) is 67.7 Å². The molecule has 0 aliphatic carbocycles. The number of hydrogen-bond donors (Lipinski definition) is 2. The molecule has 0 bridgehead atoms. The highest BCUT2D eigenvalue weighted by atomic mass is 16.5. The van der Waals surface area contributed by atoms with Crippen LogP contribution < -0.4 is 20.9 Å². The second-order valence-electron chi connectivity index (χ2n) is 6.56. The number of pyridine rings is 1. The van der Waals surface area contributed by atoms with Gasteiger partial charge in [0.05, 0.1) is 6.54 Å². The summed E-state index contributed by atoms with van der Waals surface area (Å²) in [7, 11) is 1.75. The van der Waals surface area contributed by atoms with Gasteiger partial charge in [0.25, 0.3) is 0 Å². The lowest BCUT2D eigenvalue weighted by Gasteiger charge is -2.18. The lowest BCUT2D eigenvalue weighted by atomic mass is 10.2. The van der Waals surface area contributed by atoms with E-state index in [4.69, 9.17) is 4.74 Å². The molecule has 0 aliphatic rings. The number of aromatic nitrogens is 1. The molecule has 6 nitrogen and oxygen atoms in total. The summed E-state index contributed by atoms with van der Waals surface area (Å²) in [5.41, 5.74) is 1.23. The largest absolute Gasteiger partial charge is 0.489 e. The van der Waals surface area contributed by atoms with Crippen LogP contribution in [0, 0.1) is 6.92 Å². The van der Waals surface area contributed by atoms with Gasteiger partial charge in [0.15, 0.2) is 5.96 Å². The van der Waals surface area contributed by atoms with E-state index in [2.05, 4.69) is 28.6 Å². The summed E-state index contributed by atoms with van der Waals surface area (Å²) in [6.07, 6.45) is 3.74. The Balaban J connectivity index is 1.64. The van der Waals surface area contributed by atoms with Crippen molar-refractivity contribution in [2.45, 2.75) is 39.3 Å². The number of rotatable bonds is 9. The minimum absolute atomic E-state index is 0.0234. The molecule has 0 saturated carbocycles. The summed E-state index contributed by atoms with van der Waals surface area (Å²) in [6.45, 7) is 6.27. The molecule has 0 amide bonds. The van der Waals surface area contributed by atoms with Crippen LogP contribution in [0.3, 0.4) is 0 Å². The average Bonchev–Trinajstić information content (AvgIpc) is 2.65. The molecule has 2 aromatic rings. The highest BCUT2D eigenvalue weighted by Gasteiger charge is 2.06. The predicted molar refractivity (Wildman–Crippen MR) is 111 cm³/mol. The van der Waals surface area contributed by atoms with E-state index in [0.29, 0.717) is 6.54 Å². The van der Waals surface area contributed by atoms with E-state index in [1.165, 1.54) is 5.56 Å². The zero-order chi connectivity index (χ0) is 19.5. The Morgan fingerprint density at radius 1 is 1.19 bits per heavy atom. The van der Waals surface area contributed by atoms with Gasteiger partial charge in [-0.2, -0.15) is 0 Å². The molecule has 1 aromatic carbocycles. The van der Waals surface area contributed by atoms with Gasteiger partial charge in [-0.25, -0.2) is 0 Å². The first-order valence-corrected chi connectivity index (χ1v) is 9.42. The molecule has 0 saturated heterocycles. The molecule has 1 heterocycles. The van der Waals surface area contributed by atoms with E-state index >= 15 is 0 Å². The Kier molecular flexibility index (Phi) is 8.42. The van der Waals surface area contributed by atoms with Crippen molar-refractivity contribution in [3.8, 4) is 5.75 Å². The fourth-order valence-corrected chi connectivity index (χ4v) is 2.68. The van der Waals surface area contributed by atoms with Crippen molar-refractivity contribution in [3.05, 3.63) is 64.6 Å². The molecule has 27 heavy (non-hydrogen) atoms. The molecular formula is C21H30N4O2. The van der Waals surface area contributed by atoms with Crippen molar-refractivity contribution in [1.82, 2.24) is 15.2 Å². The van der Waals surface area contributed by atoms with Gasteiger partial charge in [0.1, 0.15) is 11.9 Å². The van der Waals surface area contributed by atoms with E-state index in [1.54, 1.807) is 23.7 Å². The summed E-state index contributed by atoms with van der Waals surface area (Å²) in [5.74, 6) is 1.63. The number of unbranched alkanes of at least 4 members (excludes halogenated alkanes) is 1.